The van der Waals surface area contributed by atoms with Gasteiger partial charge in [-0.1, -0.05) is 24.3 Å². The average Bonchev–Trinajstić information content (AvgIpc) is 2.93. The molecular weight excluding hydrogens is 386 g/mol. The van der Waals surface area contributed by atoms with E-state index in [1.54, 1.807) is 13.8 Å². The molecule has 0 saturated carbocycles. The fourth-order valence-electron chi connectivity index (χ4n) is 3.71. The van der Waals surface area contributed by atoms with Crippen molar-refractivity contribution in [2.75, 3.05) is 18.4 Å². The number of nitrogens with zero attached hydrogens (tertiary/aromatic N) is 3. The Morgan fingerprint density at radius 1 is 1.27 bits per heavy atom. The summed E-state index contributed by atoms with van der Waals surface area (Å²) in [6.45, 7) is 6.95. The Morgan fingerprint density at radius 3 is 2.70 bits per heavy atom. The third-order valence-corrected chi connectivity index (χ3v) is 5.39. The van der Waals surface area contributed by atoms with Gasteiger partial charge in [0.1, 0.15) is 6.54 Å². The van der Waals surface area contributed by atoms with Crippen molar-refractivity contribution in [2.45, 2.75) is 46.3 Å². The summed E-state index contributed by atoms with van der Waals surface area (Å²) in [6.07, 6.45) is 0.000699. The van der Waals surface area contributed by atoms with Crippen molar-refractivity contribution >= 4 is 23.5 Å². The van der Waals surface area contributed by atoms with Crippen LogP contribution in [0.1, 0.15) is 28.9 Å². The first-order valence-electron chi connectivity index (χ1n) is 9.88. The van der Waals surface area contributed by atoms with Crippen molar-refractivity contribution in [1.82, 2.24) is 20.0 Å². The molecule has 0 radical (unpaired) electrons. The molecule has 160 valence electrons. The van der Waals surface area contributed by atoms with E-state index >= 15 is 0 Å². The molecule has 1 atom stereocenters. The lowest BCUT2D eigenvalue weighted by Crippen LogP contribution is -2.55. The molecule has 2 amide bonds. The van der Waals surface area contributed by atoms with Crippen molar-refractivity contribution in [1.29, 1.82) is 0 Å². The smallest absolute Gasteiger partial charge is 0.325 e. The number of carboxylic acids is 1. The molecule has 1 aliphatic rings. The van der Waals surface area contributed by atoms with Crippen LogP contribution in [0.3, 0.4) is 0 Å². The van der Waals surface area contributed by atoms with Crippen molar-refractivity contribution in [2.24, 2.45) is 0 Å². The van der Waals surface area contributed by atoms with E-state index in [2.05, 4.69) is 15.7 Å². The molecule has 2 heterocycles. The summed E-state index contributed by atoms with van der Waals surface area (Å²) < 4.78 is 1.34. The Hall–Kier alpha value is -3.20. The predicted octanol–water partition coefficient (Wildman–Crippen LogP) is 1.22. The van der Waals surface area contributed by atoms with Gasteiger partial charge in [-0.15, -0.1) is 0 Å². The number of anilines is 1. The summed E-state index contributed by atoms with van der Waals surface area (Å²) in [7, 11) is 0. The lowest BCUT2D eigenvalue weighted by molar-refractivity contribution is -0.138. The fourth-order valence-corrected chi connectivity index (χ4v) is 3.71. The number of carbonyl (C=O) groups excluding carboxylic acids is 2. The van der Waals surface area contributed by atoms with Crippen molar-refractivity contribution in [3.05, 3.63) is 46.8 Å². The van der Waals surface area contributed by atoms with Crippen LogP contribution in [0, 0.1) is 20.8 Å². The maximum atomic E-state index is 12.8. The third-order valence-electron chi connectivity index (χ3n) is 5.39. The van der Waals surface area contributed by atoms with E-state index in [0.717, 1.165) is 11.1 Å². The summed E-state index contributed by atoms with van der Waals surface area (Å²) >= 11 is 0. The van der Waals surface area contributed by atoms with E-state index in [4.69, 9.17) is 5.11 Å². The Labute approximate surface area is 175 Å². The van der Waals surface area contributed by atoms with E-state index in [9.17, 15) is 14.4 Å². The minimum atomic E-state index is -1.01. The number of nitrogens with one attached hydrogen (secondary N) is 2. The largest absolute Gasteiger partial charge is 0.480 e. The molecule has 9 heteroatoms. The highest BCUT2D eigenvalue weighted by Crippen LogP contribution is 2.21. The zero-order valence-electron chi connectivity index (χ0n) is 17.4. The van der Waals surface area contributed by atoms with E-state index in [0.29, 0.717) is 36.7 Å². The number of benzene rings is 1. The normalized spacial score (nSPS) is 16.9. The average molecular weight is 413 g/mol. The summed E-state index contributed by atoms with van der Waals surface area (Å²) in [4.78, 5) is 38.3. The number of carboxylic acid groups (broad SMARTS) is 1. The number of aryl methyl sites for hydroxylation is 2. The van der Waals surface area contributed by atoms with Gasteiger partial charge in [-0.05, 0) is 31.9 Å². The minimum Gasteiger partial charge on any atom is -0.480 e. The lowest BCUT2D eigenvalue weighted by atomic mass is 10.0. The molecule has 0 bridgehead atoms. The molecule has 0 unspecified atom stereocenters. The molecule has 3 rings (SSSR count). The number of amides is 2. The van der Waals surface area contributed by atoms with Gasteiger partial charge in [-0.2, -0.15) is 5.10 Å². The maximum Gasteiger partial charge on any atom is 0.325 e. The van der Waals surface area contributed by atoms with E-state index in [-0.39, 0.29) is 24.8 Å². The van der Waals surface area contributed by atoms with Crippen molar-refractivity contribution in [3.8, 4) is 0 Å². The topological polar surface area (TPSA) is 117 Å². The van der Waals surface area contributed by atoms with Crippen LogP contribution < -0.4 is 10.6 Å². The molecular formula is C21H27N5O4. The Balaban J connectivity index is 1.72. The number of hydrogen-bond acceptors (Lipinski definition) is 5. The molecule has 9 nitrogen and oxygen atoms in total. The number of aliphatic carboxylic acids is 1. The second-order valence-electron chi connectivity index (χ2n) is 7.55. The van der Waals surface area contributed by atoms with Gasteiger partial charge in [0.15, 0.2) is 0 Å². The first-order valence-corrected chi connectivity index (χ1v) is 9.88. The van der Waals surface area contributed by atoms with Crippen LogP contribution in [0.25, 0.3) is 0 Å². The maximum absolute atomic E-state index is 12.8. The third kappa shape index (κ3) is 4.85. The van der Waals surface area contributed by atoms with Crippen LogP contribution >= 0.6 is 0 Å². The minimum absolute atomic E-state index is 0.000699. The zero-order valence-corrected chi connectivity index (χ0v) is 17.4. The molecule has 1 aliphatic heterocycles. The van der Waals surface area contributed by atoms with Crippen LogP contribution in [0.2, 0.25) is 0 Å². The highest BCUT2D eigenvalue weighted by molar-refractivity contribution is 5.96. The quantitative estimate of drug-likeness (QED) is 0.629. The van der Waals surface area contributed by atoms with Gasteiger partial charge in [0.2, 0.25) is 11.8 Å². The SMILES string of the molecule is Cc1ccccc1CN1CCNC(=O)[C@@H]1CC(=O)Nc1c(C)nn(CC(=O)O)c1C. The van der Waals surface area contributed by atoms with Crippen LogP contribution in [0.5, 0.6) is 0 Å². The molecule has 2 aromatic rings. The molecule has 3 N–H and O–H groups in total. The standard InChI is InChI=1S/C21H27N5O4/c1-13-6-4-5-7-16(13)11-25-9-8-22-21(30)17(25)10-18(27)23-20-14(2)24-26(15(20)3)12-19(28)29/h4-7,17H,8-12H2,1-3H3,(H,22,30)(H,23,27)(H,28,29)/t17-/m0/s1. The van der Waals surface area contributed by atoms with Gasteiger partial charge in [-0.3, -0.25) is 24.0 Å². The summed E-state index contributed by atoms with van der Waals surface area (Å²) in [6, 6.07) is 7.42. The molecule has 30 heavy (non-hydrogen) atoms. The monoisotopic (exact) mass is 413 g/mol. The van der Waals surface area contributed by atoms with Gasteiger partial charge in [0, 0.05) is 19.6 Å². The van der Waals surface area contributed by atoms with E-state index in [1.165, 1.54) is 4.68 Å². The molecule has 0 aliphatic carbocycles. The number of piperazine rings is 1. The second-order valence-corrected chi connectivity index (χ2v) is 7.55. The zero-order chi connectivity index (χ0) is 21.8. The number of hydrogen-bond donors (Lipinski definition) is 3. The van der Waals surface area contributed by atoms with Gasteiger partial charge in [0.05, 0.1) is 29.5 Å². The van der Waals surface area contributed by atoms with Crippen molar-refractivity contribution in [3.63, 3.8) is 0 Å². The molecule has 0 spiro atoms. The van der Waals surface area contributed by atoms with Gasteiger partial charge < -0.3 is 15.7 Å². The van der Waals surface area contributed by atoms with Crippen LogP contribution in [-0.2, 0) is 27.5 Å². The van der Waals surface area contributed by atoms with Crippen LogP contribution in [0.15, 0.2) is 24.3 Å². The molecule has 1 aromatic heterocycles. The number of aromatic nitrogens is 2. The van der Waals surface area contributed by atoms with Crippen LogP contribution in [-0.4, -0.2) is 56.7 Å². The first kappa shape index (κ1) is 21.5. The lowest BCUT2D eigenvalue weighted by Gasteiger charge is -2.35. The Morgan fingerprint density at radius 2 is 2.00 bits per heavy atom. The Bertz CT molecular complexity index is 968. The predicted molar refractivity (Wildman–Crippen MR) is 111 cm³/mol. The molecule has 1 fully saturated rings. The summed E-state index contributed by atoms with van der Waals surface area (Å²) in [5.74, 6) is -1.49. The second kappa shape index (κ2) is 9.08. The highest BCUT2D eigenvalue weighted by atomic mass is 16.4. The summed E-state index contributed by atoms with van der Waals surface area (Å²) in [5, 5.41) is 18.8. The molecule has 1 saturated heterocycles. The van der Waals surface area contributed by atoms with Gasteiger partial charge in [0.25, 0.3) is 0 Å². The Kier molecular flexibility index (Phi) is 6.51. The number of rotatable bonds is 7. The first-order chi connectivity index (χ1) is 14.3. The highest BCUT2D eigenvalue weighted by Gasteiger charge is 2.32. The molecule has 1 aromatic carbocycles. The van der Waals surface area contributed by atoms with E-state index in [1.807, 2.05) is 36.1 Å². The van der Waals surface area contributed by atoms with Gasteiger partial charge >= 0.3 is 5.97 Å². The van der Waals surface area contributed by atoms with Crippen LogP contribution in [0.4, 0.5) is 5.69 Å². The van der Waals surface area contributed by atoms with Crippen molar-refractivity contribution < 1.29 is 19.5 Å². The fraction of sp³-hybridized carbons (Fsp3) is 0.429. The van der Waals surface area contributed by atoms with E-state index < -0.39 is 12.0 Å². The summed E-state index contributed by atoms with van der Waals surface area (Å²) in [5.41, 5.74) is 3.85. The number of carbonyl (C=O) groups is 3. The van der Waals surface area contributed by atoms with Gasteiger partial charge in [-0.25, -0.2) is 0 Å².